The SMILES string of the molecule is c1cc2c(N3CC3)c(c1)CC2. The monoisotopic (exact) mass is 145 g/mol. The molecule has 0 spiro atoms. The predicted molar refractivity (Wildman–Crippen MR) is 46.1 cm³/mol. The van der Waals surface area contributed by atoms with Crippen LogP contribution in [-0.2, 0) is 12.8 Å². The summed E-state index contributed by atoms with van der Waals surface area (Å²) in [6, 6.07) is 6.72. The van der Waals surface area contributed by atoms with Gasteiger partial charge in [0, 0.05) is 18.8 Å². The predicted octanol–water partition coefficient (Wildman–Crippen LogP) is 1.61. The molecule has 2 aliphatic rings. The van der Waals surface area contributed by atoms with E-state index in [1.54, 1.807) is 16.8 Å². The van der Waals surface area contributed by atoms with Crippen LogP contribution in [0.5, 0.6) is 0 Å². The molecule has 0 unspecified atom stereocenters. The fraction of sp³-hybridized carbons (Fsp3) is 0.400. The second kappa shape index (κ2) is 1.79. The van der Waals surface area contributed by atoms with Crippen LogP contribution < -0.4 is 4.90 Å². The molecular formula is C10H11N. The van der Waals surface area contributed by atoms with Crippen molar-refractivity contribution in [1.29, 1.82) is 0 Å². The zero-order valence-electron chi connectivity index (χ0n) is 6.51. The van der Waals surface area contributed by atoms with Crippen molar-refractivity contribution in [2.45, 2.75) is 12.8 Å². The standard InChI is InChI=1S/C10H11N/c1-2-8-4-5-9(3-1)10(8)11-6-7-11/h1-3H,4-7H2. The molecule has 56 valence electrons. The van der Waals surface area contributed by atoms with Gasteiger partial charge in [0.05, 0.1) is 0 Å². The highest BCUT2D eigenvalue weighted by atomic mass is 15.3. The van der Waals surface area contributed by atoms with Gasteiger partial charge in [-0.1, -0.05) is 18.2 Å². The molecular weight excluding hydrogens is 134 g/mol. The van der Waals surface area contributed by atoms with Crippen molar-refractivity contribution in [3.8, 4) is 0 Å². The summed E-state index contributed by atoms with van der Waals surface area (Å²) in [6.45, 7) is 2.56. The second-order valence-corrected chi connectivity index (χ2v) is 3.41. The number of rotatable bonds is 1. The van der Waals surface area contributed by atoms with Crippen molar-refractivity contribution < 1.29 is 0 Å². The Morgan fingerprint density at radius 1 is 1.00 bits per heavy atom. The van der Waals surface area contributed by atoms with E-state index in [4.69, 9.17) is 0 Å². The first kappa shape index (κ1) is 5.64. The summed E-state index contributed by atoms with van der Waals surface area (Å²) in [5.74, 6) is 0. The molecule has 3 rings (SSSR count). The van der Waals surface area contributed by atoms with Crippen molar-refractivity contribution in [1.82, 2.24) is 0 Å². The van der Waals surface area contributed by atoms with E-state index in [0.717, 1.165) is 0 Å². The number of para-hydroxylation sites is 1. The minimum absolute atomic E-state index is 1.27. The van der Waals surface area contributed by atoms with Crippen LogP contribution in [0.1, 0.15) is 11.1 Å². The summed E-state index contributed by atoms with van der Waals surface area (Å²) < 4.78 is 0. The molecule has 0 saturated carbocycles. The lowest BCUT2D eigenvalue weighted by atomic mass is 10.2. The lowest BCUT2D eigenvalue weighted by Crippen LogP contribution is -1.93. The highest BCUT2D eigenvalue weighted by Crippen LogP contribution is 2.36. The first-order valence-corrected chi connectivity index (χ1v) is 4.31. The van der Waals surface area contributed by atoms with Crippen LogP contribution in [0, 0.1) is 0 Å². The molecule has 0 amide bonds. The topological polar surface area (TPSA) is 3.01 Å². The largest absolute Gasteiger partial charge is 0.368 e. The van der Waals surface area contributed by atoms with Crippen molar-refractivity contribution in [3.63, 3.8) is 0 Å². The van der Waals surface area contributed by atoms with E-state index < -0.39 is 0 Å². The number of hydrogen-bond acceptors (Lipinski definition) is 1. The summed E-state index contributed by atoms with van der Waals surface area (Å²) in [5.41, 5.74) is 4.70. The van der Waals surface area contributed by atoms with Crippen molar-refractivity contribution in [2.24, 2.45) is 0 Å². The van der Waals surface area contributed by atoms with Crippen molar-refractivity contribution >= 4 is 5.69 Å². The Morgan fingerprint density at radius 3 is 2.18 bits per heavy atom. The maximum absolute atomic E-state index is 2.47. The summed E-state index contributed by atoms with van der Waals surface area (Å²) in [7, 11) is 0. The maximum Gasteiger partial charge on any atom is 0.0432 e. The molecule has 1 aliphatic heterocycles. The molecule has 1 heteroatoms. The molecule has 1 heterocycles. The van der Waals surface area contributed by atoms with Crippen LogP contribution in [0.2, 0.25) is 0 Å². The molecule has 1 aliphatic carbocycles. The maximum atomic E-state index is 2.47. The number of hydrogen-bond donors (Lipinski definition) is 0. The third-order valence-corrected chi connectivity index (χ3v) is 2.63. The number of fused-ring (bicyclic) bond motifs is 2. The van der Waals surface area contributed by atoms with E-state index >= 15 is 0 Å². The van der Waals surface area contributed by atoms with E-state index in [9.17, 15) is 0 Å². The molecule has 0 aromatic heterocycles. The quantitative estimate of drug-likeness (QED) is 0.542. The fourth-order valence-corrected chi connectivity index (χ4v) is 2.00. The smallest absolute Gasteiger partial charge is 0.0432 e. The molecule has 1 saturated heterocycles. The van der Waals surface area contributed by atoms with Gasteiger partial charge in [0.1, 0.15) is 0 Å². The summed E-state index contributed by atoms with van der Waals surface area (Å²) >= 11 is 0. The van der Waals surface area contributed by atoms with Gasteiger partial charge >= 0.3 is 0 Å². The van der Waals surface area contributed by atoms with Crippen LogP contribution in [0.25, 0.3) is 0 Å². The minimum atomic E-state index is 1.27. The summed E-state index contributed by atoms with van der Waals surface area (Å²) in [5, 5.41) is 0. The Kier molecular flexibility index (Phi) is 0.916. The second-order valence-electron chi connectivity index (χ2n) is 3.41. The van der Waals surface area contributed by atoms with Gasteiger partial charge in [0.25, 0.3) is 0 Å². The highest BCUT2D eigenvalue weighted by molar-refractivity contribution is 5.66. The first-order chi connectivity index (χ1) is 5.45. The fourth-order valence-electron chi connectivity index (χ4n) is 2.00. The zero-order valence-corrected chi connectivity index (χ0v) is 6.51. The molecule has 11 heavy (non-hydrogen) atoms. The highest BCUT2D eigenvalue weighted by Gasteiger charge is 2.26. The van der Waals surface area contributed by atoms with Crippen LogP contribution >= 0.6 is 0 Å². The van der Waals surface area contributed by atoms with Gasteiger partial charge in [-0.15, -0.1) is 0 Å². The average Bonchev–Trinajstić information content (AvgIpc) is 2.81. The lowest BCUT2D eigenvalue weighted by Gasteiger charge is -2.05. The van der Waals surface area contributed by atoms with E-state index in [2.05, 4.69) is 23.1 Å². The summed E-state index contributed by atoms with van der Waals surface area (Å²) in [6.07, 6.45) is 2.54. The molecule has 1 aromatic rings. The van der Waals surface area contributed by atoms with Gasteiger partial charge in [-0.2, -0.15) is 0 Å². The Bertz CT molecular complexity index is 277. The third kappa shape index (κ3) is 0.710. The van der Waals surface area contributed by atoms with Gasteiger partial charge in [-0.3, -0.25) is 0 Å². The van der Waals surface area contributed by atoms with Gasteiger partial charge in [0.15, 0.2) is 0 Å². The van der Waals surface area contributed by atoms with Crippen molar-refractivity contribution in [2.75, 3.05) is 18.0 Å². The molecule has 0 atom stereocenters. The zero-order chi connectivity index (χ0) is 7.26. The number of aryl methyl sites for hydroxylation is 2. The number of benzene rings is 1. The molecule has 1 fully saturated rings. The Balaban J connectivity index is 2.20. The molecule has 0 N–H and O–H groups in total. The van der Waals surface area contributed by atoms with E-state index in [1.807, 2.05) is 0 Å². The third-order valence-electron chi connectivity index (χ3n) is 2.63. The van der Waals surface area contributed by atoms with Gasteiger partial charge in [-0.25, -0.2) is 0 Å². The molecule has 1 nitrogen and oxygen atoms in total. The molecule has 1 aromatic carbocycles. The van der Waals surface area contributed by atoms with Gasteiger partial charge in [0.2, 0.25) is 0 Å². The molecule has 0 radical (unpaired) electrons. The van der Waals surface area contributed by atoms with E-state index in [-0.39, 0.29) is 0 Å². The normalized spacial score (nSPS) is 19.1. The van der Waals surface area contributed by atoms with Crippen molar-refractivity contribution in [3.05, 3.63) is 29.3 Å². The van der Waals surface area contributed by atoms with Crippen LogP contribution in [0.3, 0.4) is 0 Å². The summed E-state index contributed by atoms with van der Waals surface area (Å²) in [4.78, 5) is 2.47. The Labute approximate surface area is 66.6 Å². The minimum Gasteiger partial charge on any atom is -0.368 e. The van der Waals surface area contributed by atoms with E-state index in [1.165, 1.54) is 25.9 Å². The van der Waals surface area contributed by atoms with Crippen LogP contribution in [0.4, 0.5) is 5.69 Å². The number of anilines is 1. The Morgan fingerprint density at radius 2 is 1.64 bits per heavy atom. The lowest BCUT2D eigenvalue weighted by molar-refractivity contribution is 1.03. The van der Waals surface area contributed by atoms with Crippen LogP contribution in [0.15, 0.2) is 18.2 Å². The Hall–Kier alpha value is -0.980. The first-order valence-electron chi connectivity index (χ1n) is 4.31. The van der Waals surface area contributed by atoms with Gasteiger partial charge < -0.3 is 4.90 Å². The van der Waals surface area contributed by atoms with Gasteiger partial charge in [-0.05, 0) is 24.0 Å². The van der Waals surface area contributed by atoms with Crippen LogP contribution in [-0.4, -0.2) is 13.1 Å². The van der Waals surface area contributed by atoms with E-state index in [0.29, 0.717) is 0 Å². The number of nitrogens with zero attached hydrogens (tertiary/aromatic N) is 1. The molecule has 2 bridgehead atoms. The average molecular weight is 145 g/mol.